The Bertz CT molecular complexity index is 1510. The molecule has 0 bridgehead atoms. The van der Waals surface area contributed by atoms with Gasteiger partial charge in [-0.2, -0.15) is 0 Å². The van der Waals surface area contributed by atoms with E-state index in [1.807, 2.05) is 20.8 Å². The van der Waals surface area contributed by atoms with Crippen LogP contribution in [-0.2, 0) is 26.2 Å². The zero-order chi connectivity index (χ0) is 31.2. The zero-order valence-electron chi connectivity index (χ0n) is 24.3. The lowest BCUT2D eigenvalue weighted by Crippen LogP contribution is -2.53. The van der Waals surface area contributed by atoms with E-state index in [1.165, 1.54) is 23.1 Å². The number of hydrogen-bond donors (Lipinski definition) is 1. The molecule has 0 aliphatic rings. The minimum Gasteiger partial charge on any atom is -0.352 e. The molecule has 3 rings (SSSR count). The van der Waals surface area contributed by atoms with Crippen LogP contribution in [0.15, 0.2) is 65.6 Å². The average Bonchev–Trinajstić information content (AvgIpc) is 2.94. The molecule has 0 saturated heterocycles. The zero-order valence-corrected chi connectivity index (χ0v) is 27.4. The van der Waals surface area contributed by atoms with Crippen molar-refractivity contribution in [3.05, 3.63) is 92.4 Å². The largest absolute Gasteiger partial charge is 0.352 e. The van der Waals surface area contributed by atoms with Crippen molar-refractivity contribution in [2.45, 2.75) is 71.0 Å². The molecule has 0 unspecified atom stereocenters. The summed E-state index contributed by atoms with van der Waals surface area (Å²) in [7, 11) is -4.23. The lowest BCUT2D eigenvalue weighted by atomic mass is 10.1. The Morgan fingerprint density at radius 1 is 0.905 bits per heavy atom. The molecule has 0 radical (unpaired) electrons. The quantitative estimate of drug-likeness (QED) is 0.225. The summed E-state index contributed by atoms with van der Waals surface area (Å²) in [5.41, 5.74) is 2.20. The number of aryl methyl sites for hydroxylation is 2. The van der Waals surface area contributed by atoms with E-state index in [-0.39, 0.29) is 35.5 Å². The number of nitrogens with zero attached hydrogens (tertiary/aromatic N) is 2. The minimum atomic E-state index is -4.23. The van der Waals surface area contributed by atoms with E-state index in [2.05, 4.69) is 5.32 Å². The smallest absolute Gasteiger partial charge is 0.264 e. The maximum absolute atomic E-state index is 14.3. The van der Waals surface area contributed by atoms with Crippen LogP contribution < -0.4 is 9.62 Å². The number of rotatable bonds is 12. The maximum Gasteiger partial charge on any atom is 0.264 e. The first kappa shape index (κ1) is 33.7. The number of nitrogens with one attached hydrogen (secondary N) is 1. The van der Waals surface area contributed by atoms with Crippen LogP contribution in [0.1, 0.15) is 50.3 Å². The lowest BCUT2D eigenvalue weighted by molar-refractivity contribution is -0.140. The Hall–Kier alpha value is -2.78. The molecule has 0 aliphatic carbocycles. The van der Waals surface area contributed by atoms with Crippen molar-refractivity contribution in [1.82, 2.24) is 10.2 Å². The molecule has 0 aliphatic heterocycles. The second-order valence-corrected chi connectivity index (χ2v) is 13.3. The third-order valence-electron chi connectivity index (χ3n) is 7.10. The molecule has 226 valence electrons. The fourth-order valence-corrected chi connectivity index (χ4v) is 6.57. The van der Waals surface area contributed by atoms with Gasteiger partial charge in [0.05, 0.1) is 10.6 Å². The van der Waals surface area contributed by atoms with Gasteiger partial charge in [0.15, 0.2) is 0 Å². The van der Waals surface area contributed by atoms with Crippen molar-refractivity contribution in [2.24, 2.45) is 0 Å². The van der Waals surface area contributed by atoms with E-state index in [0.29, 0.717) is 32.6 Å². The first-order chi connectivity index (χ1) is 19.8. The monoisotopic (exact) mass is 651 g/mol. The number of anilines is 1. The van der Waals surface area contributed by atoms with Crippen LogP contribution in [0, 0.1) is 13.8 Å². The molecule has 11 heteroatoms. The molecule has 0 fully saturated rings. The van der Waals surface area contributed by atoms with Gasteiger partial charge < -0.3 is 10.2 Å². The second-order valence-electron chi connectivity index (χ2n) is 10.2. The first-order valence-electron chi connectivity index (χ1n) is 13.7. The van der Waals surface area contributed by atoms with Gasteiger partial charge >= 0.3 is 0 Å². The Morgan fingerprint density at radius 3 is 2.10 bits per heavy atom. The summed E-state index contributed by atoms with van der Waals surface area (Å²) >= 11 is 19.2. The number of benzene rings is 3. The number of sulfonamides is 1. The molecule has 3 aromatic rings. The third-order valence-corrected chi connectivity index (χ3v) is 9.82. The van der Waals surface area contributed by atoms with Gasteiger partial charge in [-0.15, -0.1) is 0 Å². The van der Waals surface area contributed by atoms with Crippen molar-refractivity contribution in [1.29, 1.82) is 0 Å². The summed E-state index contributed by atoms with van der Waals surface area (Å²) in [4.78, 5) is 29.1. The molecular weight excluding hydrogens is 617 g/mol. The molecule has 0 saturated carbocycles. The van der Waals surface area contributed by atoms with Gasteiger partial charge in [-0.3, -0.25) is 13.9 Å². The van der Waals surface area contributed by atoms with E-state index in [9.17, 15) is 18.0 Å². The number of amides is 2. The molecular formula is C31H36Cl3N3O4S. The Kier molecular flexibility index (Phi) is 11.7. The normalized spacial score (nSPS) is 12.9. The summed E-state index contributed by atoms with van der Waals surface area (Å²) in [6.45, 7) is 8.51. The van der Waals surface area contributed by atoms with Gasteiger partial charge in [-0.1, -0.05) is 78.5 Å². The van der Waals surface area contributed by atoms with Crippen molar-refractivity contribution in [3.8, 4) is 0 Å². The SMILES string of the molecule is CC[C@H](C)NC(=O)[C@H](CC)N(Cc1c(Cl)cccc1Cl)C(=O)CN(c1cc(Cl)ccc1C)S(=O)(=O)c1ccc(C)cc1. The Morgan fingerprint density at radius 2 is 1.52 bits per heavy atom. The molecule has 0 spiro atoms. The first-order valence-corrected chi connectivity index (χ1v) is 16.3. The van der Waals surface area contributed by atoms with Gasteiger partial charge in [-0.25, -0.2) is 8.42 Å². The Labute approximate surface area is 263 Å². The summed E-state index contributed by atoms with van der Waals surface area (Å²) < 4.78 is 29.2. The van der Waals surface area contributed by atoms with Crippen LogP contribution in [0.3, 0.4) is 0 Å². The van der Waals surface area contributed by atoms with Crippen molar-refractivity contribution in [2.75, 3.05) is 10.8 Å². The van der Waals surface area contributed by atoms with Gasteiger partial charge in [-0.05, 0) is 75.6 Å². The fourth-order valence-electron chi connectivity index (χ4n) is 4.42. The predicted molar refractivity (Wildman–Crippen MR) is 171 cm³/mol. The molecule has 2 atom stereocenters. The topological polar surface area (TPSA) is 86.8 Å². The highest BCUT2D eigenvalue weighted by Crippen LogP contribution is 2.31. The van der Waals surface area contributed by atoms with Gasteiger partial charge in [0.1, 0.15) is 12.6 Å². The molecule has 2 amide bonds. The van der Waals surface area contributed by atoms with Gasteiger partial charge in [0.2, 0.25) is 11.8 Å². The minimum absolute atomic E-state index is 0.0162. The lowest BCUT2D eigenvalue weighted by Gasteiger charge is -2.34. The molecule has 42 heavy (non-hydrogen) atoms. The average molecular weight is 653 g/mol. The van der Waals surface area contributed by atoms with E-state index >= 15 is 0 Å². The molecule has 3 aromatic carbocycles. The van der Waals surface area contributed by atoms with E-state index < -0.39 is 28.5 Å². The number of carbonyl (C=O) groups is 2. The second kappa shape index (κ2) is 14.6. The van der Waals surface area contributed by atoms with Crippen LogP contribution in [0.25, 0.3) is 0 Å². The Balaban J connectivity index is 2.14. The standard InChI is InChI=1S/C31H36Cl3N3O4S/c1-6-22(5)35-31(39)28(7-2)36(18-25-26(33)9-8-10-27(25)34)30(38)19-37(29-17-23(32)14-13-21(29)4)42(40,41)24-15-11-20(3)12-16-24/h8-17,22,28H,6-7,18-19H2,1-5H3,(H,35,39)/t22-,28-/m0/s1. The third kappa shape index (κ3) is 7.98. The van der Waals surface area contributed by atoms with Crippen LogP contribution >= 0.6 is 34.8 Å². The fraction of sp³-hybridized carbons (Fsp3) is 0.355. The van der Waals surface area contributed by atoms with Crippen molar-refractivity contribution >= 4 is 62.3 Å². The van der Waals surface area contributed by atoms with E-state index in [0.717, 1.165) is 9.87 Å². The molecule has 1 N–H and O–H groups in total. The summed E-state index contributed by atoms with van der Waals surface area (Å²) in [6.07, 6.45) is 0.972. The molecule has 7 nitrogen and oxygen atoms in total. The highest BCUT2D eigenvalue weighted by molar-refractivity contribution is 7.92. The molecule has 0 aromatic heterocycles. The van der Waals surface area contributed by atoms with Crippen LogP contribution in [0.4, 0.5) is 5.69 Å². The van der Waals surface area contributed by atoms with Gasteiger partial charge in [0.25, 0.3) is 10.0 Å². The van der Waals surface area contributed by atoms with Crippen LogP contribution in [0.2, 0.25) is 15.1 Å². The van der Waals surface area contributed by atoms with Crippen LogP contribution in [0.5, 0.6) is 0 Å². The highest BCUT2D eigenvalue weighted by atomic mass is 35.5. The van der Waals surface area contributed by atoms with Crippen molar-refractivity contribution in [3.63, 3.8) is 0 Å². The molecule has 0 heterocycles. The summed E-state index contributed by atoms with van der Waals surface area (Å²) in [6, 6.07) is 15.2. The van der Waals surface area contributed by atoms with Crippen molar-refractivity contribution < 1.29 is 18.0 Å². The summed E-state index contributed by atoms with van der Waals surface area (Å²) in [5.74, 6) is -0.956. The van der Waals surface area contributed by atoms with E-state index in [1.54, 1.807) is 56.3 Å². The summed E-state index contributed by atoms with van der Waals surface area (Å²) in [5, 5.41) is 3.91. The van der Waals surface area contributed by atoms with Gasteiger partial charge in [0, 0.05) is 33.2 Å². The highest BCUT2D eigenvalue weighted by Gasteiger charge is 2.35. The van der Waals surface area contributed by atoms with Crippen LogP contribution in [-0.4, -0.2) is 43.8 Å². The number of carbonyl (C=O) groups excluding carboxylic acids is 2. The maximum atomic E-state index is 14.3. The van der Waals surface area contributed by atoms with E-state index in [4.69, 9.17) is 34.8 Å². The number of halogens is 3. The number of hydrogen-bond acceptors (Lipinski definition) is 4. The predicted octanol–water partition coefficient (Wildman–Crippen LogP) is 7.18.